The monoisotopic (exact) mass is 1920 g/mol. The normalized spacial score (nSPS) is 16.9. The fourth-order valence-corrected chi connectivity index (χ4v) is 25.8. The van der Waals surface area contributed by atoms with Crippen molar-refractivity contribution in [1.82, 2.24) is 0 Å². The van der Waals surface area contributed by atoms with Crippen molar-refractivity contribution in [3.8, 4) is 167 Å². The molecule has 26 rings (SSSR count). The minimum absolute atomic E-state index is 0.0156. The molecule has 7 aliphatic carbocycles. The van der Waals surface area contributed by atoms with Crippen LogP contribution in [0.15, 0.2) is 379 Å². The fourth-order valence-electron chi connectivity index (χ4n) is 25.0. The van der Waals surface area contributed by atoms with Gasteiger partial charge in [-0.3, -0.25) is 0 Å². The number of fused-ring (bicyclic) bond motifs is 21. The van der Waals surface area contributed by atoms with Crippen molar-refractivity contribution in [2.75, 3.05) is 0 Å². The van der Waals surface area contributed by atoms with Crippen LogP contribution in [0.5, 0.6) is 0 Å². The fraction of sp³-hybridized carbons (Fsp3) is 0.194. The van der Waals surface area contributed by atoms with Crippen LogP contribution in [0.2, 0.25) is 0 Å². The first-order chi connectivity index (χ1) is 66.6. The first kappa shape index (κ1) is 88.6. The van der Waals surface area contributed by atoms with Crippen molar-refractivity contribution in [1.29, 1.82) is 0 Å². The average Bonchev–Trinajstić information content (AvgIpc) is 1.59. The standard InChI is InChI=1S/C72H58.C42H32Br2.C20H23BO2/c1-69(2)61-21-11-9-19-53(61)55-29-23-47(37-63(55)69)43-15-13-17-45(35-43)49-25-31-57-59-33-27-51(41-67(59)71(5,6)65(57)39-49)52-28-34-60-58-32-26-50(40-66(58)72(7,8)68(60)42-52)46-18-14-16-44(36-46)48-24-30-56-54-20-10-12-22-62(54)70(3,4)64(56)38-48;1-41(2)37-21-27(25-7-5-9-31(43)19-25)11-15-33(37)35-17-13-29(23-39(35)41)30-14-18-36-34-16-12-28(26-8-6-10-32(44)20-26)22-38(34)42(3,4)40(36)24-30;1-13-20(4,5)23-21(22-13)14-10-11-16-15-8-6-7-9-17(15)19(2,3)18(16)12-14/h9-42H,1-8H3;5-24H,1-4H3;6-13H,1-5H3. The third-order valence-corrected chi connectivity index (χ3v) is 34.5. The topological polar surface area (TPSA) is 18.5 Å². The lowest BCUT2D eigenvalue weighted by Gasteiger charge is -2.24. The zero-order valence-corrected chi connectivity index (χ0v) is 85.6. The lowest BCUT2D eigenvalue weighted by molar-refractivity contribution is 0.0842. The van der Waals surface area contributed by atoms with Crippen LogP contribution < -0.4 is 5.46 Å². The van der Waals surface area contributed by atoms with Gasteiger partial charge < -0.3 is 9.31 Å². The molecule has 0 amide bonds. The van der Waals surface area contributed by atoms with Gasteiger partial charge in [0.25, 0.3) is 0 Å². The summed E-state index contributed by atoms with van der Waals surface area (Å²) in [5.41, 5.74) is 59.0. The highest BCUT2D eigenvalue weighted by atomic mass is 79.9. The van der Waals surface area contributed by atoms with Gasteiger partial charge in [-0.15, -0.1) is 0 Å². The first-order valence-electron chi connectivity index (χ1n) is 49.6. The van der Waals surface area contributed by atoms with Gasteiger partial charge in [0, 0.05) is 46.9 Å². The minimum Gasteiger partial charge on any atom is -0.402 e. The number of hydrogen-bond acceptors (Lipinski definition) is 2. The van der Waals surface area contributed by atoms with Gasteiger partial charge in [-0.05, 0) is 368 Å². The molecular formula is C134H113BBr2O2. The zero-order valence-electron chi connectivity index (χ0n) is 82.4. The molecule has 0 radical (unpaired) electrons. The summed E-state index contributed by atoms with van der Waals surface area (Å²) in [5, 5.41) is 0. The molecule has 1 unspecified atom stereocenters. The van der Waals surface area contributed by atoms with Crippen LogP contribution in [0, 0.1) is 0 Å². The Labute approximate surface area is 838 Å². The molecule has 1 atom stereocenters. The van der Waals surface area contributed by atoms with Crippen molar-refractivity contribution in [3.63, 3.8) is 0 Å². The molecule has 0 spiro atoms. The van der Waals surface area contributed by atoms with Crippen LogP contribution in [0.4, 0.5) is 0 Å². The molecule has 678 valence electrons. The minimum atomic E-state index is -0.273. The van der Waals surface area contributed by atoms with E-state index in [0.717, 1.165) is 14.4 Å². The Balaban J connectivity index is 0.000000132. The molecule has 18 aromatic rings. The second-order valence-electron chi connectivity index (χ2n) is 44.4. The van der Waals surface area contributed by atoms with Crippen molar-refractivity contribution >= 4 is 44.4 Å². The largest absolute Gasteiger partial charge is 0.494 e. The van der Waals surface area contributed by atoms with Crippen LogP contribution in [0.25, 0.3) is 167 Å². The molecule has 1 heterocycles. The van der Waals surface area contributed by atoms with Crippen LogP contribution >= 0.6 is 31.9 Å². The molecule has 18 aromatic carbocycles. The van der Waals surface area contributed by atoms with E-state index in [0.29, 0.717) is 0 Å². The molecular weight excluding hydrogens is 1810 g/mol. The second-order valence-corrected chi connectivity index (χ2v) is 46.3. The summed E-state index contributed by atoms with van der Waals surface area (Å²) in [5.74, 6) is 0. The summed E-state index contributed by atoms with van der Waals surface area (Å²) in [6, 6.07) is 140. The van der Waals surface area contributed by atoms with Crippen LogP contribution in [-0.2, 0) is 47.2 Å². The van der Waals surface area contributed by atoms with Crippen LogP contribution in [0.3, 0.4) is 0 Å². The molecule has 1 aliphatic heterocycles. The zero-order chi connectivity index (χ0) is 95.8. The summed E-state index contributed by atoms with van der Waals surface area (Å²) in [7, 11) is -0.273. The summed E-state index contributed by atoms with van der Waals surface area (Å²) >= 11 is 7.29. The van der Waals surface area contributed by atoms with Crippen LogP contribution in [0.1, 0.15) is 196 Å². The molecule has 0 bridgehead atoms. The van der Waals surface area contributed by atoms with E-state index in [1.54, 1.807) is 0 Å². The van der Waals surface area contributed by atoms with E-state index in [4.69, 9.17) is 9.31 Å². The highest BCUT2D eigenvalue weighted by Gasteiger charge is 2.47. The number of halogens is 2. The molecule has 0 N–H and O–H groups in total. The first-order valence-corrected chi connectivity index (χ1v) is 51.2. The lowest BCUT2D eigenvalue weighted by atomic mass is 9.74. The molecule has 8 aliphatic rings. The van der Waals surface area contributed by atoms with Gasteiger partial charge in [-0.1, -0.05) is 402 Å². The van der Waals surface area contributed by atoms with E-state index < -0.39 is 0 Å². The summed E-state index contributed by atoms with van der Waals surface area (Å²) in [4.78, 5) is 0. The number of hydrogen-bond donors (Lipinski definition) is 0. The summed E-state index contributed by atoms with van der Waals surface area (Å²) in [6.07, 6.45) is 0.0889. The third kappa shape index (κ3) is 14.1. The Kier molecular flexibility index (Phi) is 20.4. The summed E-state index contributed by atoms with van der Waals surface area (Å²) < 4.78 is 14.4. The SMILES string of the molecule is CC1(C)c2cc(-c3cccc(Br)c3)ccc2-c2ccc(-c3ccc4c(c3)C(C)(C)c3cc(-c5cccc(Br)c5)ccc3-4)cc21.CC1(C)c2ccccc2-c2ccc(-c3cccc(-c4ccc5c(c4)C(C)(C)c4cc(-c6ccc7c(c6)C(C)(C)c6cc(-c8cccc(-c9ccc%10c(c9)C(C)(C)c9ccccc9-%10)c8)ccc6-7)ccc4-5)c3)cc21.CC1OB(c2ccc3c(c2)C(C)(C)c2ccccc2-3)OC1(C)C. The predicted octanol–water partition coefficient (Wildman–Crippen LogP) is 36.0. The van der Waals surface area contributed by atoms with E-state index >= 15 is 0 Å². The maximum absolute atomic E-state index is 6.13. The van der Waals surface area contributed by atoms with E-state index in [1.165, 1.54) is 245 Å². The quantitative estimate of drug-likeness (QED) is 0.134. The predicted molar refractivity (Wildman–Crippen MR) is 592 cm³/mol. The van der Waals surface area contributed by atoms with Gasteiger partial charge in [-0.25, -0.2) is 0 Å². The Morgan fingerprint density at radius 3 is 0.576 bits per heavy atom. The molecule has 2 nitrogen and oxygen atoms in total. The van der Waals surface area contributed by atoms with Gasteiger partial charge in [0.2, 0.25) is 0 Å². The van der Waals surface area contributed by atoms with Crippen molar-refractivity contribution < 1.29 is 9.31 Å². The molecule has 0 saturated carbocycles. The van der Waals surface area contributed by atoms with Gasteiger partial charge >= 0.3 is 7.12 Å². The number of benzene rings is 18. The van der Waals surface area contributed by atoms with Gasteiger partial charge in [0.05, 0.1) is 11.7 Å². The maximum atomic E-state index is 6.13. The van der Waals surface area contributed by atoms with Gasteiger partial charge in [0.1, 0.15) is 0 Å². The Morgan fingerprint density at radius 1 is 0.180 bits per heavy atom. The summed E-state index contributed by atoms with van der Waals surface area (Å²) in [6.45, 7) is 39.4. The molecule has 139 heavy (non-hydrogen) atoms. The van der Waals surface area contributed by atoms with Gasteiger partial charge in [-0.2, -0.15) is 0 Å². The van der Waals surface area contributed by atoms with Crippen molar-refractivity contribution in [2.24, 2.45) is 0 Å². The Morgan fingerprint density at radius 2 is 0.360 bits per heavy atom. The second kappa shape index (κ2) is 32.0. The molecule has 0 aromatic heterocycles. The third-order valence-electron chi connectivity index (χ3n) is 33.5. The van der Waals surface area contributed by atoms with E-state index in [2.05, 4.69) is 520 Å². The molecule has 5 heteroatoms. The highest BCUT2D eigenvalue weighted by molar-refractivity contribution is 9.10. The van der Waals surface area contributed by atoms with Crippen molar-refractivity contribution in [3.05, 3.63) is 457 Å². The molecule has 1 fully saturated rings. The van der Waals surface area contributed by atoms with Crippen molar-refractivity contribution in [2.45, 2.75) is 167 Å². The Hall–Kier alpha value is -13.1. The van der Waals surface area contributed by atoms with E-state index in [1.807, 2.05) is 0 Å². The molecule has 1 saturated heterocycles. The Bertz CT molecular complexity index is 7840. The lowest BCUT2D eigenvalue weighted by Crippen LogP contribution is -2.35. The number of rotatable bonds is 9. The highest BCUT2D eigenvalue weighted by Crippen LogP contribution is 2.60. The van der Waals surface area contributed by atoms with Crippen LogP contribution in [-0.4, -0.2) is 18.8 Å². The van der Waals surface area contributed by atoms with E-state index in [-0.39, 0.29) is 56.7 Å². The van der Waals surface area contributed by atoms with Gasteiger partial charge in [0.15, 0.2) is 0 Å². The maximum Gasteiger partial charge on any atom is 0.494 e. The smallest absolute Gasteiger partial charge is 0.402 e. The average molecular weight is 1930 g/mol. The van der Waals surface area contributed by atoms with E-state index in [9.17, 15) is 0 Å².